The Hall–Kier alpha value is -1.49. The summed E-state index contributed by atoms with van der Waals surface area (Å²) < 4.78 is 17.4. The predicted molar refractivity (Wildman–Crippen MR) is 83.3 cm³/mol. The molecule has 3 atom stereocenters. The molecule has 4 heteroatoms. The summed E-state index contributed by atoms with van der Waals surface area (Å²) in [6.45, 7) is 4.23. The number of ketones is 1. The van der Waals surface area contributed by atoms with Gasteiger partial charge in [0.1, 0.15) is 11.9 Å². The lowest BCUT2D eigenvalue weighted by molar-refractivity contribution is -0.169. The van der Waals surface area contributed by atoms with Crippen LogP contribution in [0.1, 0.15) is 32.3 Å². The summed E-state index contributed by atoms with van der Waals surface area (Å²) in [7, 11) is 0. The highest BCUT2D eigenvalue weighted by Crippen LogP contribution is 2.30. The van der Waals surface area contributed by atoms with Crippen LogP contribution in [0.25, 0.3) is 6.08 Å². The van der Waals surface area contributed by atoms with Crippen LogP contribution >= 0.6 is 0 Å². The van der Waals surface area contributed by atoms with Crippen molar-refractivity contribution in [3.63, 3.8) is 0 Å². The van der Waals surface area contributed by atoms with Crippen molar-refractivity contribution in [3.8, 4) is 0 Å². The molecule has 3 rings (SSSR count). The largest absolute Gasteiger partial charge is 0.367 e. The number of carbonyl (C=O) groups is 1. The Labute approximate surface area is 131 Å². The smallest absolute Gasteiger partial charge is 0.163 e. The van der Waals surface area contributed by atoms with Crippen LogP contribution in [-0.2, 0) is 19.0 Å². The number of rotatable bonds is 3. The zero-order chi connectivity index (χ0) is 15.6. The van der Waals surface area contributed by atoms with E-state index in [2.05, 4.69) is 0 Å². The van der Waals surface area contributed by atoms with Crippen molar-refractivity contribution in [3.05, 3.63) is 42.0 Å². The number of hydrogen-bond donors (Lipinski definition) is 0. The lowest BCUT2D eigenvalue weighted by Gasteiger charge is -2.31. The Morgan fingerprint density at radius 2 is 1.91 bits per heavy atom. The normalized spacial score (nSPS) is 31.7. The van der Waals surface area contributed by atoms with Gasteiger partial charge < -0.3 is 14.2 Å². The lowest BCUT2D eigenvalue weighted by Crippen LogP contribution is -2.41. The SMILES string of the molecule is CC1(C)OC[C@H]([C@H]2CC(=O)C[C@@H](/C=C/c3ccccc3)O2)O1. The van der Waals surface area contributed by atoms with E-state index in [1.165, 1.54) is 0 Å². The van der Waals surface area contributed by atoms with Crippen molar-refractivity contribution in [2.24, 2.45) is 0 Å². The second-order valence-corrected chi connectivity index (χ2v) is 6.30. The van der Waals surface area contributed by atoms with Crippen molar-refractivity contribution < 1.29 is 19.0 Å². The minimum absolute atomic E-state index is 0.174. The molecular weight excluding hydrogens is 280 g/mol. The van der Waals surface area contributed by atoms with Gasteiger partial charge in [-0.1, -0.05) is 42.5 Å². The molecule has 4 nitrogen and oxygen atoms in total. The minimum atomic E-state index is -0.593. The van der Waals surface area contributed by atoms with Crippen LogP contribution in [-0.4, -0.2) is 36.5 Å². The number of ether oxygens (including phenoxy) is 3. The molecule has 2 heterocycles. The zero-order valence-electron chi connectivity index (χ0n) is 13.0. The fourth-order valence-electron chi connectivity index (χ4n) is 2.87. The Morgan fingerprint density at radius 3 is 2.59 bits per heavy atom. The molecule has 22 heavy (non-hydrogen) atoms. The molecule has 2 saturated heterocycles. The van der Waals surface area contributed by atoms with Gasteiger partial charge in [-0.2, -0.15) is 0 Å². The van der Waals surface area contributed by atoms with E-state index < -0.39 is 5.79 Å². The summed E-state index contributed by atoms with van der Waals surface area (Å²) in [5, 5.41) is 0. The Morgan fingerprint density at radius 1 is 1.14 bits per heavy atom. The molecule has 0 saturated carbocycles. The first-order valence-electron chi connectivity index (χ1n) is 7.74. The van der Waals surface area contributed by atoms with E-state index in [1.807, 2.05) is 56.3 Å². The van der Waals surface area contributed by atoms with Gasteiger partial charge in [-0.3, -0.25) is 4.79 Å². The molecule has 0 bridgehead atoms. The molecule has 1 aromatic carbocycles. The van der Waals surface area contributed by atoms with Crippen molar-refractivity contribution in [2.75, 3.05) is 6.61 Å². The zero-order valence-corrected chi connectivity index (χ0v) is 13.0. The first kappa shape index (κ1) is 15.4. The second-order valence-electron chi connectivity index (χ2n) is 6.30. The van der Waals surface area contributed by atoms with Gasteiger partial charge >= 0.3 is 0 Å². The summed E-state index contributed by atoms with van der Waals surface area (Å²) in [5.74, 6) is -0.378. The van der Waals surface area contributed by atoms with Crippen LogP contribution in [0.5, 0.6) is 0 Å². The van der Waals surface area contributed by atoms with Crippen molar-refractivity contribution >= 4 is 11.9 Å². The van der Waals surface area contributed by atoms with Crippen LogP contribution in [0.3, 0.4) is 0 Å². The van der Waals surface area contributed by atoms with E-state index in [-0.39, 0.29) is 24.1 Å². The number of benzene rings is 1. The second kappa shape index (κ2) is 6.32. The van der Waals surface area contributed by atoms with Gasteiger partial charge in [-0.25, -0.2) is 0 Å². The van der Waals surface area contributed by atoms with Gasteiger partial charge in [0.05, 0.1) is 18.8 Å². The maximum absolute atomic E-state index is 12.0. The molecule has 2 aliphatic heterocycles. The molecule has 118 valence electrons. The average Bonchev–Trinajstić information content (AvgIpc) is 2.86. The molecule has 0 aliphatic carbocycles. The van der Waals surface area contributed by atoms with Crippen molar-refractivity contribution in [1.82, 2.24) is 0 Å². The Balaban J connectivity index is 1.64. The lowest BCUT2D eigenvalue weighted by atomic mass is 9.98. The number of Topliss-reactive ketones (excluding diaryl/α,β-unsaturated/α-hetero) is 1. The van der Waals surface area contributed by atoms with E-state index in [4.69, 9.17) is 14.2 Å². The van der Waals surface area contributed by atoms with E-state index in [0.29, 0.717) is 19.4 Å². The highest BCUT2D eigenvalue weighted by atomic mass is 16.7. The fourth-order valence-corrected chi connectivity index (χ4v) is 2.87. The summed E-state index contributed by atoms with van der Waals surface area (Å²) in [4.78, 5) is 12.0. The molecule has 0 N–H and O–H groups in total. The van der Waals surface area contributed by atoms with Crippen LogP contribution in [0.15, 0.2) is 36.4 Å². The van der Waals surface area contributed by atoms with Gasteiger partial charge in [0.15, 0.2) is 5.79 Å². The van der Waals surface area contributed by atoms with Gasteiger partial charge in [0, 0.05) is 12.8 Å². The molecule has 0 aromatic heterocycles. The third kappa shape index (κ3) is 3.83. The third-order valence-electron chi connectivity index (χ3n) is 3.96. The molecule has 0 unspecified atom stereocenters. The standard InChI is InChI=1S/C18H22O4/c1-18(2)20-12-17(22-18)16-11-14(19)10-15(21-16)9-8-13-6-4-3-5-7-13/h3-9,15-17H,10-12H2,1-2H3/b9-8+/t15-,16-,17-/m1/s1. The Kier molecular flexibility index (Phi) is 4.43. The van der Waals surface area contributed by atoms with Gasteiger partial charge in [0.25, 0.3) is 0 Å². The molecular formula is C18H22O4. The maximum Gasteiger partial charge on any atom is 0.163 e. The minimum Gasteiger partial charge on any atom is -0.367 e. The molecule has 0 amide bonds. The van der Waals surface area contributed by atoms with Gasteiger partial charge in [0.2, 0.25) is 0 Å². The molecule has 2 aliphatic rings. The molecule has 2 fully saturated rings. The fraction of sp³-hybridized carbons (Fsp3) is 0.500. The van der Waals surface area contributed by atoms with Gasteiger partial charge in [-0.15, -0.1) is 0 Å². The molecule has 0 spiro atoms. The third-order valence-corrected chi connectivity index (χ3v) is 3.96. The highest BCUT2D eigenvalue weighted by molar-refractivity contribution is 5.80. The van der Waals surface area contributed by atoms with Crippen molar-refractivity contribution in [1.29, 1.82) is 0 Å². The maximum atomic E-state index is 12.0. The monoisotopic (exact) mass is 302 g/mol. The highest BCUT2D eigenvalue weighted by Gasteiger charge is 2.41. The molecule has 1 aromatic rings. The first-order chi connectivity index (χ1) is 10.5. The van der Waals surface area contributed by atoms with E-state index in [1.54, 1.807) is 0 Å². The number of hydrogen-bond acceptors (Lipinski definition) is 4. The van der Waals surface area contributed by atoms with E-state index >= 15 is 0 Å². The van der Waals surface area contributed by atoms with E-state index in [0.717, 1.165) is 5.56 Å². The summed E-state index contributed by atoms with van der Waals surface area (Å²) >= 11 is 0. The number of carbonyl (C=O) groups excluding carboxylic acids is 1. The van der Waals surface area contributed by atoms with Crippen LogP contribution in [0.4, 0.5) is 0 Å². The quantitative estimate of drug-likeness (QED) is 0.861. The Bertz CT molecular complexity index is 549. The van der Waals surface area contributed by atoms with Crippen LogP contribution in [0, 0.1) is 0 Å². The molecule has 0 radical (unpaired) electrons. The predicted octanol–water partition coefficient (Wildman–Crippen LogP) is 2.97. The first-order valence-corrected chi connectivity index (χ1v) is 7.74. The van der Waals surface area contributed by atoms with Crippen LogP contribution in [0.2, 0.25) is 0 Å². The van der Waals surface area contributed by atoms with E-state index in [9.17, 15) is 4.79 Å². The van der Waals surface area contributed by atoms with Crippen LogP contribution < -0.4 is 0 Å². The van der Waals surface area contributed by atoms with Gasteiger partial charge in [-0.05, 0) is 19.4 Å². The topological polar surface area (TPSA) is 44.8 Å². The summed E-state index contributed by atoms with van der Waals surface area (Å²) in [5.41, 5.74) is 1.10. The average molecular weight is 302 g/mol. The summed E-state index contributed by atoms with van der Waals surface area (Å²) in [6, 6.07) is 10.00. The summed E-state index contributed by atoms with van der Waals surface area (Å²) in [6.07, 6.45) is 4.19. The van der Waals surface area contributed by atoms with Crippen molar-refractivity contribution in [2.45, 2.75) is 50.8 Å².